The van der Waals surface area contributed by atoms with E-state index in [2.05, 4.69) is 10.6 Å². The van der Waals surface area contributed by atoms with Crippen molar-refractivity contribution < 1.29 is 4.79 Å². The van der Waals surface area contributed by atoms with E-state index in [0.29, 0.717) is 29.6 Å². The number of nitrogens with one attached hydrogen (secondary N) is 2. The number of halogens is 2. The Morgan fingerprint density at radius 2 is 2.00 bits per heavy atom. The molecule has 24 heavy (non-hydrogen) atoms. The number of hydrogen-bond donors (Lipinski definition) is 2. The van der Waals surface area contributed by atoms with Crippen molar-refractivity contribution in [2.24, 2.45) is 5.92 Å². The average Bonchev–Trinajstić information content (AvgIpc) is 2.50. The van der Waals surface area contributed by atoms with Crippen molar-refractivity contribution in [2.75, 3.05) is 19.6 Å². The average molecular weight is 368 g/mol. The molecular weight excluding hydrogens is 349 g/mol. The van der Waals surface area contributed by atoms with Crippen LogP contribution in [0.2, 0.25) is 5.02 Å². The van der Waals surface area contributed by atoms with E-state index in [-0.39, 0.29) is 23.9 Å². The number of carbonyl (C=O) groups is 1. The summed E-state index contributed by atoms with van der Waals surface area (Å²) in [6.45, 7) is 2.86. The van der Waals surface area contributed by atoms with Crippen molar-refractivity contribution >= 4 is 29.9 Å². The highest BCUT2D eigenvalue weighted by Crippen LogP contribution is 2.15. The summed E-state index contributed by atoms with van der Waals surface area (Å²) in [6, 6.07) is 10.3. The number of rotatable bonds is 5. The Kier molecular flexibility index (Phi) is 6.43. The summed E-state index contributed by atoms with van der Waals surface area (Å²) in [4.78, 5) is 24.2. The summed E-state index contributed by atoms with van der Waals surface area (Å²) in [6.07, 6.45) is 1.58. The van der Waals surface area contributed by atoms with Gasteiger partial charge in [-0.25, -0.2) is 0 Å². The van der Waals surface area contributed by atoms with E-state index in [0.717, 1.165) is 18.7 Å². The van der Waals surface area contributed by atoms with Crippen molar-refractivity contribution in [3.8, 4) is 0 Å². The summed E-state index contributed by atoms with van der Waals surface area (Å²) in [5, 5.41) is 6.67. The van der Waals surface area contributed by atoms with E-state index in [1.54, 1.807) is 18.3 Å². The lowest BCUT2D eigenvalue weighted by Gasteiger charge is -2.27. The van der Waals surface area contributed by atoms with Crippen molar-refractivity contribution in [3.63, 3.8) is 0 Å². The van der Waals surface area contributed by atoms with Crippen LogP contribution in [0.5, 0.6) is 0 Å². The molecular formula is C17H19Cl2N3O2. The molecule has 0 radical (unpaired) electrons. The Hall–Kier alpha value is -1.82. The highest BCUT2D eigenvalue weighted by Gasteiger charge is 2.17. The van der Waals surface area contributed by atoms with Gasteiger partial charge in [-0.2, -0.15) is 0 Å². The smallest absolute Gasteiger partial charge is 0.252 e. The molecule has 3 rings (SSSR count). The van der Waals surface area contributed by atoms with E-state index in [4.69, 9.17) is 11.6 Å². The van der Waals surface area contributed by atoms with Crippen molar-refractivity contribution in [1.29, 1.82) is 0 Å². The molecule has 0 bridgehead atoms. The lowest BCUT2D eigenvalue weighted by atomic mass is 10.0. The molecule has 1 aliphatic rings. The topological polar surface area (TPSA) is 63.1 Å². The molecule has 0 saturated carbocycles. The molecule has 0 spiro atoms. The van der Waals surface area contributed by atoms with Crippen molar-refractivity contribution in [1.82, 2.24) is 15.2 Å². The summed E-state index contributed by atoms with van der Waals surface area (Å²) < 4.78 is 1.50. The third kappa shape index (κ3) is 4.38. The van der Waals surface area contributed by atoms with Gasteiger partial charge in [-0.15, -0.1) is 12.4 Å². The van der Waals surface area contributed by atoms with E-state index in [9.17, 15) is 9.59 Å². The maximum absolute atomic E-state index is 12.2. The van der Waals surface area contributed by atoms with Crippen LogP contribution in [0.4, 0.5) is 0 Å². The lowest BCUT2D eigenvalue weighted by Crippen LogP contribution is -2.48. The van der Waals surface area contributed by atoms with Gasteiger partial charge in [-0.1, -0.05) is 29.8 Å². The van der Waals surface area contributed by atoms with Gasteiger partial charge in [0.25, 0.3) is 11.5 Å². The minimum absolute atomic E-state index is 0. The summed E-state index contributed by atoms with van der Waals surface area (Å²) in [5.41, 5.74) is 1.16. The molecule has 5 nitrogen and oxygen atoms in total. The molecule has 1 saturated heterocycles. The van der Waals surface area contributed by atoms with Crippen LogP contribution < -0.4 is 16.2 Å². The van der Waals surface area contributed by atoms with Gasteiger partial charge >= 0.3 is 0 Å². The van der Waals surface area contributed by atoms with Crippen LogP contribution in [0.3, 0.4) is 0 Å². The first-order valence-corrected chi connectivity index (χ1v) is 7.94. The zero-order valence-electron chi connectivity index (χ0n) is 13.0. The molecule has 2 N–H and O–H groups in total. The maximum Gasteiger partial charge on any atom is 0.252 e. The van der Waals surface area contributed by atoms with Gasteiger partial charge in [0, 0.05) is 42.8 Å². The second-order valence-corrected chi connectivity index (χ2v) is 6.12. The molecule has 1 fully saturated rings. The number of nitrogens with zero attached hydrogens (tertiary/aromatic N) is 1. The number of carbonyl (C=O) groups excluding carboxylic acids is 1. The minimum Gasteiger partial charge on any atom is -0.352 e. The summed E-state index contributed by atoms with van der Waals surface area (Å²) in [7, 11) is 0. The van der Waals surface area contributed by atoms with Crippen molar-refractivity contribution in [3.05, 3.63) is 69.1 Å². The normalized spacial score (nSPS) is 13.7. The van der Waals surface area contributed by atoms with Gasteiger partial charge in [-0.05, 0) is 17.7 Å². The first-order chi connectivity index (χ1) is 11.1. The highest BCUT2D eigenvalue weighted by molar-refractivity contribution is 6.31. The number of benzene rings is 1. The SMILES string of the molecule is Cl.O=C(NCC1CNC1)c1ccc(=O)n(Cc2ccccc2Cl)c1. The van der Waals surface area contributed by atoms with E-state index in [1.807, 2.05) is 18.2 Å². The maximum atomic E-state index is 12.2. The van der Waals surface area contributed by atoms with E-state index >= 15 is 0 Å². The molecule has 2 aromatic rings. The Balaban J connectivity index is 0.00000208. The van der Waals surface area contributed by atoms with Gasteiger partial charge in [0.15, 0.2) is 0 Å². The van der Waals surface area contributed by atoms with Gasteiger partial charge in [0.1, 0.15) is 0 Å². The number of aromatic nitrogens is 1. The Labute approximate surface area is 151 Å². The second kappa shape index (κ2) is 8.33. The molecule has 1 aromatic heterocycles. The molecule has 2 heterocycles. The molecule has 1 aliphatic heterocycles. The van der Waals surface area contributed by atoms with Gasteiger partial charge in [0.2, 0.25) is 0 Å². The fraction of sp³-hybridized carbons (Fsp3) is 0.294. The van der Waals surface area contributed by atoms with Crippen LogP contribution >= 0.6 is 24.0 Å². The Bertz CT molecular complexity index is 772. The predicted molar refractivity (Wildman–Crippen MR) is 97.2 cm³/mol. The third-order valence-electron chi connectivity index (χ3n) is 3.96. The molecule has 0 unspecified atom stereocenters. The first kappa shape index (κ1) is 18.5. The largest absolute Gasteiger partial charge is 0.352 e. The fourth-order valence-corrected chi connectivity index (χ4v) is 2.63. The third-order valence-corrected chi connectivity index (χ3v) is 4.33. The van der Waals surface area contributed by atoms with E-state index < -0.39 is 0 Å². The fourth-order valence-electron chi connectivity index (χ4n) is 2.43. The lowest BCUT2D eigenvalue weighted by molar-refractivity contribution is 0.0941. The van der Waals surface area contributed by atoms with Crippen LogP contribution in [0.15, 0.2) is 47.4 Å². The first-order valence-electron chi connectivity index (χ1n) is 7.56. The summed E-state index contributed by atoms with van der Waals surface area (Å²) >= 11 is 6.14. The van der Waals surface area contributed by atoms with Crippen LogP contribution in [-0.2, 0) is 6.54 Å². The molecule has 1 amide bonds. The number of amides is 1. The van der Waals surface area contributed by atoms with Crippen LogP contribution in [0.1, 0.15) is 15.9 Å². The zero-order valence-corrected chi connectivity index (χ0v) is 14.6. The Morgan fingerprint density at radius 3 is 2.67 bits per heavy atom. The zero-order chi connectivity index (χ0) is 16.2. The van der Waals surface area contributed by atoms with Gasteiger partial charge in [-0.3, -0.25) is 9.59 Å². The predicted octanol–water partition coefficient (Wildman–Crippen LogP) is 1.92. The van der Waals surface area contributed by atoms with Crippen molar-refractivity contribution in [2.45, 2.75) is 6.54 Å². The van der Waals surface area contributed by atoms with E-state index in [1.165, 1.54) is 10.6 Å². The number of hydrogen-bond acceptors (Lipinski definition) is 3. The van der Waals surface area contributed by atoms with Gasteiger partial charge < -0.3 is 15.2 Å². The molecule has 0 aliphatic carbocycles. The molecule has 128 valence electrons. The monoisotopic (exact) mass is 367 g/mol. The van der Waals surface area contributed by atoms with Crippen LogP contribution in [-0.4, -0.2) is 30.1 Å². The second-order valence-electron chi connectivity index (χ2n) is 5.71. The molecule has 0 atom stereocenters. The summed E-state index contributed by atoms with van der Waals surface area (Å²) in [5.74, 6) is 0.331. The van der Waals surface area contributed by atoms with Crippen LogP contribution in [0, 0.1) is 5.92 Å². The number of pyridine rings is 1. The quantitative estimate of drug-likeness (QED) is 0.848. The highest BCUT2D eigenvalue weighted by atomic mass is 35.5. The molecule has 7 heteroatoms. The van der Waals surface area contributed by atoms with Crippen LogP contribution in [0.25, 0.3) is 0 Å². The standard InChI is InChI=1S/C17H18ClN3O2.ClH/c18-15-4-2-1-3-13(15)10-21-11-14(5-6-16(21)22)17(23)20-9-12-7-19-8-12;/h1-6,11-12,19H,7-10H2,(H,20,23);1H. The molecule has 1 aromatic carbocycles. The minimum atomic E-state index is -0.162. The Morgan fingerprint density at radius 1 is 1.25 bits per heavy atom. The van der Waals surface area contributed by atoms with Gasteiger partial charge in [0.05, 0.1) is 12.1 Å².